The van der Waals surface area contributed by atoms with Crippen LogP contribution < -0.4 is 15.3 Å². The number of anilines is 1. The Morgan fingerprint density at radius 1 is 1.09 bits per heavy atom. The van der Waals surface area contributed by atoms with Crippen molar-refractivity contribution in [2.45, 2.75) is 49.7 Å². The lowest BCUT2D eigenvalue weighted by molar-refractivity contribution is -0.137. The molecule has 2 aliphatic rings. The molecule has 2 aliphatic heterocycles. The van der Waals surface area contributed by atoms with Crippen LogP contribution in [0.1, 0.15) is 19.4 Å². The molecule has 0 saturated carbocycles. The van der Waals surface area contributed by atoms with Crippen LogP contribution in [-0.2, 0) is 17.5 Å². The summed E-state index contributed by atoms with van der Waals surface area (Å²) < 4.78 is 81.9. The Labute approximate surface area is 283 Å². The highest BCUT2D eigenvalue weighted by Crippen LogP contribution is 2.49. The number of hydrogen-bond donors (Lipinski definition) is 0. The molecule has 0 aliphatic carbocycles. The first-order valence-electron chi connectivity index (χ1n) is 14.4. The zero-order valence-corrected chi connectivity index (χ0v) is 27.9. The molecule has 0 N–H and O–H groups in total. The molecule has 4 heterocycles. The van der Waals surface area contributed by atoms with Gasteiger partial charge in [-0.25, -0.2) is 23.5 Å². The summed E-state index contributed by atoms with van der Waals surface area (Å²) in [5, 5.41) is 0.0138. The Hall–Kier alpha value is -3.80. The van der Waals surface area contributed by atoms with Crippen molar-refractivity contribution in [3.8, 4) is 17.1 Å². The van der Waals surface area contributed by atoms with Crippen LogP contribution in [0.25, 0.3) is 22.0 Å². The minimum absolute atomic E-state index is 0.00295. The molecule has 0 radical (unpaired) electrons. The molecule has 0 bridgehead atoms. The lowest BCUT2D eigenvalue weighted by atomic mass is 9.95. The van der Waals surface area contributed by atoms with Crippen molar-refractivity contribution in [2.24, 2.45) is 0 Å². The Balaban J connectivity index is 1.62. The Morgan fingerprint density at radius 2 is 1.77 bits per heavy atom. The van der Waals surface area contributed by atoms with Crippen LogP contribution in [0.4, 0.5) is 27.8 Å². The molecule has 1 amide bonds. The average Bonchev–Trinajstić information content (AvgIpc) is 3.20. The fourth-order valence-electron chi connectivity index (χ4n) is 6.18. The van der Waals surface area contributed by atoms with Gasteiger partial charge in [-0.15, -0.1) is 11.8 Å². The van der Waals surface area contributed by atoms with E-state index < -0.39 is 58.4 Å². The first kappa shape index (κ1) is 33.1. The Kier molecular flexibility index (Phi) is 8.92. The van der Waals surface area contributed by atoms with E-state index in [0.29, 0.717) is 6.07 Å². The van der Waals surface area contributed by atoms with E-state index in [9.17, 15) is 14.0 Å². The quantitative estimate of drug-likeness (QED) is 0.107. The fourth-order valence-corrected chi connectivity index (χ4v) is 7.90. The van der Waals surface area contributed by atoms with Gasteiger partial charge in [-0.3, -0.25) is 9.36 Å². The fraction of sp³-hybridized carbons (Fsp3) is 0.323. The smallest absolute Gasteiger partial charge is 0.417 e. The second kappa shape index (κ2) is 12.7. The van der Waals surface area contributed by atoms with Crippen LogP contribution in [0.3, 0.4) is 0 Å². The van der Waals surface area contributed by atoms with Gasteiger partial charge in [0.1, 0.15) is 23.6 Å². The summed E-state index contributed by atoms with van der Waals surface area (Å²) in [4.78, 5) is 42.1. The molecule has 2 aromatic heterocycles. The molecule has 4 aromatic rings. The molecule has 3 atom stereocenters. The van der Waals surface area contributed by atoms with Gasteiger partial charge in [-0.05, 0) is 60.7 Å². The van der Waals surface area contributed by atoms with Crippen molar-refractivity contribution < 1.29 is 31.5 Å². The summed E-state index contributed by atoms with van der Waals surface area (Å²) in [5.74, 6) is -2.36. The largest absolute Gasteiger partial charge is 0.457 e. The van der Waals surface area contributed by atoms with Crippen molar-refractivity contribution in [3.63, 3.8) is 0 Å². The molecule has 1 fully saturated rings. The number of alkyl halides is 3. The monoisotopic (exact) mass is 784 g/mol. The highest BCUT2D eigenvalue weighted by Gasteiger charge is 2.40. The van der Waals surface area contributed by atoms with E-state index >= 15 is 17.6 Å². The number of carbonyl (C=O) groups excluding carboxylic acids is 1. The first-order chi connectivity index (χ1) is 22.3. The van der Waals surface area contributed by atoms with Crippen LogP contribution in [0.15, 0.2) is 59.0 Å². The number of amides is 1. The van der Waals surface area contributed by atoms with Gasteiger partial charge >= 0.3 is 17.9 Å². The molecule has 0 spiro atoms. The van der Waals surface area contributed by atoms with Gasteiger partial charge in [-0.2, -0.15) is 18.2 Å². The third-order valence-corrected chi connectivity index (χ3v) is 10.1. The van der Waals surface area contributed by atoms with Crippen molar-refractivity contribution in [2.75, 3.05) is 23.7 Å². The van der Waals surface area contributed by atoms with Crippen LogP contribution >= 0.6 is 34.4 Å². The van der Waals surface area contributed by atoms with Gasteiger partial charge in [0.05, 0.1) is 17.6 Å². The normalized spacial score (nSPS) is 19.9. The standard InChI is InChI=1S/C31H26F5IN6O3S/c1-4-24(44)43-15(2)11-41(12-16(43)3)28-19-8-20(31(34,35)36)25(18-9-23(37)22(33)10-21(18)32)27-26(19)42(30(45)40-28)13-17(14-47-27)46-29-38-6-5-7-39-29/h4-10,15-17H,1,11-14H2,2-3H3/t15-,16+,17-/m0/s1. The summed E-state index contributed by atoms with van der Waals surface area (Å²) in [6.07, 6.45) is -1.67. The second-order valence-corrected chi connectivity index (χ2v) is 13.4. The van der Waals surface area contributed by atoms with Gasteiger partial charge in [0, 0.05) is 74.4 Å². The molecule has 2 aromatic carbocycles. The highest BCUT2D eigenvalue weighted by atomic mass is 127. The minimum Gasteiger partial charge on any atom is -0.457 e. The van der Waals surface area contributed by atoms with E-state index in [1.165, 1.54) is 23.0 Å². The summed E-state index contributed by atoms with van der Waals surface area (Å²) in [7, 11) is 0. The number of rotatable bonds is 5. The van der Waals surface area contributed by atoms with Crippen molar-refractivity contribution in [1.29, 1.82) is 0 Å². The summed E-state index contributed by atoms with van der Waals surface area (Å²) in [5.41, 5.74) is -2.81. The second-order valence-electron chi connectivity index (χ2n) is 11.2. The van der Waals surface area contributed by atoms with E-state index in [1.807, 2.05) is 0 Å². The van der Waals surface area contributed by atoms with E-state index in [0.717, 1.165) is 23.9 Å². The molecular formula is C31H26F5IN6O3S. The van der Waals surface area contributed by atoms with Gasteiger partial charge in [0.15, 0.2) is 0 Å². The van der Waals surface area contributed by atoms with Gasteiger partial charge in [-0.1, -0.05) is 6.58 Å². The lowest BCUT2D eigenvalue weighted by Gasteiger charge is -2.44. The number of piperazine rings is 1. The van der Waals surface area contributed by atoms with Crippen LogP contribution in [0, 0.1) is 15.2 Å². The molecule has 47 heavy (non-hydrogen) atoms. The number of benzene rings is 2. The number of carbonyl (C=O) groups is 1. The highest BCUT2D eigenvalue weighted by molar-refractivity contribution is 14.1. The Bertz CT molecular complexity index is 1950. The number of nitrogens with zero attached hydrogens (tertiary/aromatic N) is 6. The summed E-state index contributed by atoms with van der Waals surface area (Å²) >= 11 is 2.55. The number of thioether (sulfide) groups is 1. The van der Waals surface area contributed by atoms with Crippen LogP contribution in [-0.4, -0.2) is 67.4 Å². The predicted octanol–water partition coefficient (Wildman–Crippen LogP) is 5.92. The number of hydrogen-bond acceptors (Lipinski definition) is 8. The van der Waals surface area contributed by atoms with E-state index in [4.69, 9.17) is 4.74 Å². The van der Waals surface area contributed by atoms with Gasteiger partial charge in [0.2, 0.25) is 5.91 Å². The molecule has 9 nitrogen and oxygen atoms in total. The van der Waals surface area contributed by atoms with Gasteiger partial charge in [0.25, 0.3) is 0 Å². The predicted molar refractivity (Wildman–Crippen MR) is 174 cm³/mol. The molecule has 16 heteroatoms. The molecule has 6 rings (SSSR count). The lowest BCUT2D eigenvalue weighted by Crippen LogP contribution is -2.58. The maximum atomic E-state index is 15.5. The number of halogens is 6. The SMILES string of the molecule is C=CC(=O)N1[C@H](C)CN(c2nc(=O)n3c4c(c(-c5cc(I)c(F)cc5F)c(C(F)(F)F)cc24)SC[C@@H](Oc2ncccn2)C3)C[C@@H]1C. The maximum absolute atomic E-state index is 15.5. The third kappa shape index (κ3) is 6.16. The molecule has 1 saturated heterocycles. The Morgan fingerprint density at radius 3 is 2.40 bits per heavy atom. The molecular weight excluding hydrogens is 758 g/mol. The summed E-state index contributed by atoms with van der Waals surface area (Å²) in [6.45, 7) is 7.35. The zero-order valence-electron chi connectivity index (χ0n) is 24.9. The van der Waals surface area contributed by atoms with Crippen molar-refractivity contribution in [3.05, 3.63) is 80.6 Å². The molecule has 0 unspecified atom stereocenters. The third-order valence-electron chi connectivity index (χ3n) is 8.04. The van der Waals surface area contributed by atoms with Crippen LogP contribution in [0.5, 0.6) is 6.01 Å². The van der Waals surface area contributed by atoms with E-state index in [1.54, 1.807) is 52.3 Å². The molecule has 246 valence electrons. The topological polar surface area (TPSA) is 93.5 Å². The van der Waals surface area contributed by atoms with E-state index in [-0.39, 0.29) is 62.5 Å². The maximum Gasteiger partial charge on any atom is 0.417 e. The van der Waals surface area contributed by atoms with Gasteiger partial charge < -0.3 is 14.5 Å². The first-order valence-corrected chi connectivity index (χ1v) is 16.4. The number of aromatic nitrogens is 4. The number of ether oxygens (including phenoxy) is 1. The van der Waals surface area contributed by atoms with E-state index in [2.05, 4.69) is 21.5 Å². The van der Waals surface area contributed by atoms with Crippen molar-refractivity contribution >= 4 is 57.0 Å². The summed E-state index contributed by atoms with van der Waals surface area (Å²) in [6, 6.07) is 3.25. The van der Waals surface area contributed by atoms with Crippen molar-refractivity contribution in [1.82, 2.24) is 24.4 Å². The van der Waals surface area contributed by atoms with Crippen LogP contribution in [0.2, 0.25) is 0 Å². The minimum atomic E-state index is -4.99. The zero-order chi connectivity index (χ0) is 33.8. The average molecular weight is 785 g/mol.